The number of carboxylic acid groups (broad SMARTS) is 1. The molecule has 13 N–H and O–H groups in total. The number of ketones is 2. The van der Waals surface area contributed by atoms with Crippen molar-refractivity contribution in [3.63, 3.8) is 0 Å². The average molecular weight is 2430 g/mol. The summed E-state index contributed by atoms with van der Waals surface area (Å²) in [5.41, 5.74) is 20.2. The van der Waals surface area contributed by atoms with E-state index in [2.05, 4.69) is 150 Å². The van der Waals surface area contributed by atoms with Crippen molar-refractivity contribution in [2.45, 2.75) is 82.2 Å². The summed E-state index contributed by atoms with van der Waals surface area (Å²) in [6.45, 7) is -0.0640. The number of aliphatic carboxylic acids is 1. The number of aromatic nitrogens is 5. The largest absolute Gasteiger partial charge is 1.00 e. The Morgan fingerprint density at radius 3 is 1.22 bits per heavy atom. The Morgan fingerprint density at radius 1 is 0.545 bits per heavy atom. The smallest absolute Gasteiger partial charge is 0.870 e. The number of carbonyl (C=O) groups excluding carboxylic acids is 9. The van der Waals surface area contributed by atoms with Crippen molar-refractivity contribution in [3.05, 3.63) is 272 Å². The molecule has 9 aromatic rings. The number of likely N-dealkylation sites (tertiary alicyclic amines) is 1. The number of carbonyl (C=O) groups is 10. The van der Waals surface area contributed by atoms with Crippen molar-refractivity contribution >= 4 is 267 Å². The number of hydrogen-bond donors (Lipinski definition) is 5. The van der Waals surface area contributed by atoms with E-state index >= 15 is 4.39 Å². The van der Waals surface area contributed by atoms with E-state index in [9.17, 15) is 65.5 Å². The van der Waals surface area contributed by atoms with E-state index in [1.807, 2.05) is 12.1 Å². The molecule has 2 aliphatic heterocycles. The minimum atomic E-state index is -1.38. The average Bonchev–Trinajstić information content (AvgIpc) is 1.74. The Bertz CT molecular complexity index is 5570. The maximum atomic E-state index is 15.3. The van der Waals surface area contributed by atoms with E-state index in [1.165, 1.54) is 107 Å². The second kappa shape index (κ2) is 82.8. The second-order valence-corrected chi connectivity index (χ2v) is 36.4. The first kappa shape index (κ1) is 140. The molecule has 2 aliphatic rings. The van der Waals surface area contributed by atoms with Crippen molar-refractivity contribution in [2.75, 3.05) is 41.6 Å². The number of benzene rings is 4. The van der Waals surface area contributed by atoms with Crippen LogP contribution in [0.3, 0.4) is 0 Å². The van der Waals surface area contributed by atoms with Gasteiger partial charge in [-0.15, -0.1) is 12.4 Å². The van der Waals surface area contributed by atoms with Crippen LogP contribution >= 0.6 is 65.0 Å². The fourth-order valence-electron chi connectivity index (χ4n) is 10.5. The molecule has 28 nitrogen and oxygen atoms in total. The number of halogens is 9. The number of primary amides is 3. The molecule has 2 fully saturated rings. The number of nitrogens with two attached hydrogens (primary N) is 3. The molecule has 724 valence electrons. The van der Waals surface area contributed by atoms with Crippen LogP contribution in [0.1, 0.15) is 91.0 Å². The van der Waals surface area contributed by atoms with Gasteiger partial charge in [0.25, 0.3) is 17.7 Å². The van der Waals surface area contributed by atoms with Gasteiger partial charge in [-0.1, -0.05) is 126 Å². The number of ether oxygens (including phenoxy) is 3. The maximum absolute atomic E-state index is 15.3. The summed E-state index contributed by atoms with van der Waals surface area (Å²) in [7, 11) is 10.2. The molecule has 0 unspecified atom stereocenters. The van der Waals surface area contributed by atoms with Gasteiger partial charge in [0.05, 0.1) is 109 Å². The quantitative estimate of drug-likeness (QED) is 0.0127. The predicted octanol–water partition coefficient (Wildman–Crippen LogP) is 6.54. The first-order valence-electron chi connectivity index (χ1n) is 35.7. The Morgan fingerprint density at radius 2 is 0.888 bits per heavy atom. The zero-order valence-electron chi connectivity index (χ0n) is 71.7. The minimum Gasteiger partial charge on any atom is -0.870 e. The van der Waals surface area contributed by atoms with Gasteiger partial charge in [0.1, 0.15) is 57.4 Å². The molecular formula is C80H86BrCl3F5LiN11O17S15W-. The molecule has 4 atom stereocenters. The maximum Gasteiger partial charge on any atom is 1.00 e. The number of carboxylic acids is 1. The fourth-order valence-corrected chi connectivity index (χ4v) is 14.1. The molecule has 0 saturated carbocycles. The van der Waals surface area contributed by atoms with Gasteiger partial charge in [-0.2, -0.15) is 18.8 Å². The third-order valence-corrected chi connectivity index (χ3v) is 23.7. The van der Waals surface area contributed by atoms with Crippen molar-refractivity contribution in [2.24, 2.45) is 17.2 Å². The van der Waals surface area contributed by atoms with Crippen LogP contribution in [0, 0.1) is 30.4 Å². The molecule has 0 radical (unpaired) electrons. The number of Topliss-reactive ketones (excluding diaryl/α,β-unsaturated/α-hetero) is 2. The van der Waals surface area contributed by atoms with Gasteiger partial charge < -0.3 is 70.6 Å². The van der Waals surface area contributed by atoms with Gasteiger partial charge in [0.15, 0.2) is 11.6 Å². The number of amides is 4. The van der Waals surface area contributed by atoms with Crippen molar-refractivity contribution in [1.29, 1.82) is 5.26 Å². The van der Waals surface area contributed by atoms with E-state index in [0.717, 1.165) is 13.5 Å². The summed E-state index contributed by atoms with van der Waals surface area (Å²) in [6, 6.07) is 47.8. The van der Waals surface area contributed by atoms with Gasteiger partial charge >= 0.3 is 42.7 Å². The Balaban J connectivity index is -0.000000237. The molecular weight excluding hydrogens is 2340 g/mol. The first-order chi connectivity index (χ1) is 60.7. The monoisotopic (exact) mass is 2420 g/mol. The third-order valence-electron chi connectivity index (χ3n) is 15.9. The van der Waals surface area contributed by atoms with Crippen LogP contribution < -0.4 is 41.4 Å². The van der Waals surface area contributed by atoms with Crippen LogP contribution in [0.4, 0.5) is 22.0 Å². The number of nitrogens with zero attached hydrogens (tertiary/aromatic N) is 7. The zero-order chi connectivity index (χ0) is 95.5. The van der Waals surface area contributed by atoms with Crippen molar-refractivity contribution in [1.82, 2.24) is 35.1 Å². The van der Waals surface area contributed by atoms with Gasteiger partial charge in [-0.25, -0.2) is 42.5 Å². The molecule has 0 spiro atoms. The standard InChI is InChI=1S/C26H22ClF2N3O3.C18H16ClF2NO.C9H10N2O3.C9H8N2O2.C8H8BrNO2.C8H8N2O3.CH3F.CH3.ClH.Li.3H2O.S5.S4.S3.S2.H2S.W/c27-20-9-2-1-7-18(20)19-8-3-5-15(25(19)29)11-23(33)22-12-16(28)14-32(22)24(34)13-17-6-4-10-21(31-17)26(30)35;19-15-7-2-1-5-13(15)14-6-3-4-11(18(14)21)8-17(23)16-9-12(20)10-22-16;1-14-8(12)5-6-3-2-4-7(11-6)9(10)13;1-13-9(12)5-7-3-2-4-8(6-10)11-7;1-12-8(11)5-6-3-2-4-7(9)10-6;9-8(13)6-3-1-2-5(10-6)4-7(11)12;1-2;;;;;;;1-3-5-4-2;1-3-4-2;1-3-2;1-2;;/h1-10,16,22H,11-14H2,(H2,30,35);1-7,12,16,22H,8-10H2;2-4H,5H2,1H3,(H2,10,13);2-4H,5H2,1H3;2-4H,5H2,1H3;1-3H,4H2,(H2,9,13)(H,11,12);1H3;1H3;1H;;3*1H2;;;;;1H2;/q;;;;;;;-1;;+1;;;;;;;;;/p-1/t16-,22+;12-,16+;;;;;;;;;;;;;;;;;/m11................./s1/i;;;;;;1D;;;;;;;;;;;;. The van der Waals surface area contributed by atoms with Crippen LogP contribution in [-0.4, -0.2) is 176 Å². The van der Waals surface area contributed by atoms with Gasteiger partial charge in [-0.3, -0.25) is 52.3 Å². The van der Waals surface area contributed by atoms with E-state index in [0.29, 0.717) is 60.8 Å². The second-order valence-electron chi connectivity index (χ2n) is 24.1. The first-order valence-corrected chi connectivity index (χ1v) is 49.9. The number of rotatable bonds is 21. The summed E-state index contributed by atoms with van der Waals surface area (Å²) in [5, 5.41) is 20.6. The Hall–Kier alpha value is -7.22. The number of pyridine rings is 5. The van der Waals surface area contributed by atoms with Crippen LogP contribution in [0.15, 0.2) is 181 Å². The molecule has 5 aromatic heterocycles. The Kier molecular flexibility index (Phi) is 86.4. The molecule has 4 aromatic carbocycles. The minimum absolute atomic E-state index is 0. The number of hydrogen-bond acceptors (Lipinski definition) is 29. The topological polar surface area (TPSA) is 493 Å². The summed E-state index contributed by atoms with van der Waals surface area (Å²) in [4.78, 5) is 135. The van der Waals surface area contributed by atoms with E-state index in [-0.39, 0.29) is 212 Å². The molecule has 7 heterocycles. The number of alkyl halides is 3. The van der Waals surface area contributed by atoms with E-state index in [4.69, 9.17) is 52.1 Å². The number of nitrogens with one attached hydrogen (secondary N) is 1. The van der Waals surface area contributed by atoms with Crippen LogP contribution in [0.25, 0.3) is 22.3 Å². The summed E-state index contributed by atoms with van der Waals surface area (Å²) < 4.78 is 87.2. The zero-order valence-corrected chi connectivity index (χ0v) is 89.9. The molecule has 11 rings (SSSR count). The van der Waals surface area contributed by atoms with Crippen molar-refractivity contribution in [3.8, 4) is 28.3 Å². The normalized spacial score (nSPS) is 12.3. The van der Waals surface area contributed by atoms with Gasteiger partial charge in [-0.05, 0) is 99.9 Å². The Labute approximate surface area is 886 Å². The number of nitriles is 1. The predicted molar refractivity (Wildman–Crippen MR) is 542 cm³/mol. The van der Waals surface area contributed by atoms with Gasteiger partial charge in [0.2, 0.25) is 5.91 Å². The third kappa shape index (κ3) is 56.0. The van der Waals surface area contributed by atoms with Crippen LogP contribution in [0.2, 0.25) is 10.0 Å². The van der Waals surface area contributed by atoms with E-state index in [1.54, 1.807) is 133 Å². The number of methoxy groups -OCH3 is 3. The van der Waals surface area contributed by atoms with Crippen LogP contribution in [0.5, 0.6) is 0 Å². The molecule has 2 saturated heterocycles. The molecule has 0 bridgehead atoms. The van der Waals surface area contributed by atoms with Crippen molar-refractivity contribution < 1.29 is 147 Å². The fraction of sp³-hybridized carbons (Fsp3) is 0.237. The molecule has 4 amide bonds. The van der Waals surface area contributed by atoms with Gasteiger partial charge in [0, 0.05) is 228 Å². The molecule has 134 heavy (non-hydrogen) atoms. The SMILES string of the molecule is COC(=O)Cc1cccc(Br)n1.COC(=O)Cc1cccc(C#N)n1.COC(=O)Cc1cccc(C(N)=O)n1.Cl.NC(=O)c1cccc(CC(=O)N2C[C@H](F)C[C@H]2C(=O)Cc2cccc(-c3ccccc3Cl)c2F)n1.NC(=O)c1cccc(CC(=O)O)n1.O.O.O=C(Cc1cccc(-c2ccccc2Cl)c1F)[C@@H]1C[C@@H](F)CN1.S.S=S.S=S=S.S=S=S=S.S=S=S=S=S.[2H]CF.[CH3-].[Li+].[OH-].[W]. The number of esters is 3. The summed E-state index contributed by atoms with van der Waals surface area (Å²) >= 11 is 48.7. The summed E-state index contributed by atoms with van der Waals surface area (Å²) in [6.07, 6.45) is -2.83. The molecule has 0 aliphatic carbocycles. The summed E-state index contributed by atoms with van der Waals surface area (Å²) in [5.74, 6) is -6.26. The van der Waals surface area contributed by atoms with E-state index < -0.39 is 84.6 Å². The van der Waals surface area contributed by atoms with Crippen LogP contribution in [-0.2, 0) is 257 Å². The molecule has 54 heteroatoms.